The molecule has 4 heterocycles. The third kappa shape index (κ3) is 29.0. The molecule has 131 heavy (non-hydrogen) atoms. The van der Waals surface area contributed by atoms with E-state index < -0.39 is 29.7 Å². The summed E-state index contributed by atoms with van der Waals surface area (Å²) in [6.07, 6.45) is 21.9. The van der Waals surface area contributed by atoms with Gasteiger partial charge in [-0.05, 0) is 242 Å². The van der Waals surface area contributed by atoms with E-state index in [4.69, 9.17) is 77.2 Å². The second-order valence-corrected chi connectivity index (χ2v) is 40.8. The number of hydrogen-bond acceptors (Lipinski definition) is 20. The van der Waals surface area contributed by atoms with E-state index in [-0.39, 0.29) is 99.5 Å². The molecule has 28 nitrogen and oxygen atoms in total. The molecule has 7 fully saturated rings. The molecule has 0 radical (unpaired) electrons. The molecule has 0 atom stereocenters. The number of nitro groups is 2. The lowest BCUT2D eigenvalue weighted by Gasteiger charge is -2.50. The number of anilines is 7. The molecule has 0 aromatic heterocycles. The van der Waals surface area contributed by atoms with Crippen molar-refractivity contribution in [3.05, 3.63) is 256 Å². The Morgan fingerprint density at radius 3 is 0.977 bits per heavy atom. The number of hydrogen-bond donors (Lipinski definition) is 10. The Bertz CT molecular complexity index is 5070. The van der Waals surface area contributed by atoms with Gasteiger partial charge in [0.1, 0.15) is 5.69 Å². The number of benzene rings is 7. The highest BCUT2D eigenvalue weighted by Crippen LogP contribution is 2.46. The number of aliphatic hydroxyl groups is 6. The fourth-order valence-corrected chi connectivity index (χ4v) is 18.3. The van der Waals surface area contributed by atoms with Crippen molar-refractivity contribution in [3.63, 3.8) is 0 Å². The number of nitrogens with two attached hydrogens (primary N) is 2. The second kappa shape index (κ2) is 49.6. The number of nitrogens with one attached hydrogen (secondary N) is 2. The first-order chi connectivity index (χ1) is 61.2. The van der Waals surface area contributed by atoms with Gasteiger partial charge in [0, 0.05) is 134 Å². The number of nitrogen functional groups attached to an aromatic ring is 1. The SMILES string of the molecule is C.C.C.CSF.NC1CC(O)C1.[C-]#[N+]c1ccc(N)c(NC2CC(O)C2)c1.[C-]#[N+]c1ccc([N+](=O)[O-])c(F)c1.[C-]#[N+]c1ccc([N+](=O)[O-])c(NC2CC(O)C2)c1.[C-]#[N+]c1ccc2c(c1)N(C1CC(O)C1)CCC2.[C-]#[N+]c1ccc2c(c1)N(C1CC(O)C1)CCC2.[C-]#[N+]c1ccc2c(c1)N(C1CC(O)C1)CCC2.[C-]#[N+]c1ccc2c(c1)N(C1CC(O[Si](C)(C)C(C)(C)C)C1)CCC2. The van der Waals surface area contributed by atoms with Gasteiger partial charge in [-0.25, -0.2) is 38.3 Å². The third-order valence-corrected chi connectivity index (χ3v) is 30.1. The molecular formula is C99H129F2N17O11SSi. The molecule has 0 saturated heterocycles. The summed E-state index contributed by atoms with van der Waals surface area (Å²) in [6, 6.07) is 39.2. The van der Waals surface area contributed by atoms with Crippen LogP contribution in [0.15, 0.2) is 127 Å². The minimum absolute atomic E-state index is 0. The van der Waals surface area contributed by atoms with Gasteiger partial charge in [-0.3, -0.25) is 20.2 Å². The summed E-state index contributed by atoms with van der Waals surface area (Å²) < 4.78 is 29.5. The van der Waals surface area contributed by atoms with Gasteiger partial charge in [-0.2, -0.15) is 3.89 Å². The van der Waals surface area contributed by atoms with Crippen molar-refractivity contribution < 1.29 is 53.2 Å². The summed E-state index contributed by atoms with van der Waals surface area (Å²) in [6.45, 7) is 64.8. The molecular weight excluding hydrogens is 1700 g/mol. The third-order valence-electron chi connectivity index (χ3n) is 25.6. The molecule has 4 aliphatic heterocycles. The summed E-state index contributed by atoms with van der Waals surface area (Å²) >= 11 is 0.250. The topological polar surface area (TPSA) is 336 Å². The molecule has 32 heteroatoms. The zero-order valence-electron chi connectivity index (χ0n) is 73.4. The number of nitro benzene ring substituents is 2. The largest absolute Gasteiger partial charge is 0.414 e. The highest BCUT2D eigenvalue weighted by Gasteiger charge is 2.45. The molecule has 12 N–H and O–H groups in total. The van der Waals surface area contributed by atoms with Crippen LogP contribution < -0.4 is 41.7 Å². The van der Waals surface area contributed by atoms with Crippen molar-refractivity contribution in [1.82, 2.24) is 0 Å². The molecule has 0 bridgehead atoms. The molecule has 0 unspecified atom stereocenters. The van der Waals surface area contributed by atoms with E-state index in [9.17, 15) is 43.8 Å². The Morgan fingerprint density at radius 2 is 0.702 bits per heavy atom. The van der Waals surface area contributed by atoms with Crippen molar-refractivity contribution in [2.24, 2.45) is 5.73 Å². The Labute approximate surface area is 777 Å². The summed E-state index contributed by atoms with van der Waals surface area (Å²) in [5, 5.41) is 82.5. The van der Waals surface area contributed by atoms with Crippen molar-refractivity contribution in [2.45, 2.75) is 287 Å². The zero-order chi connectivity index (χ0) is 92.7. The smallest absolute Gasteiger partial charge is 0.302 e. The molecule has 7 saturated carbocycles. The molecule has 11 aliphatic rings. The number of aliphatic hydroxyl groups excluding tert-OH is 6. The lowest BCUT2D eigenvalue weighted by Crippen LogP contribution is -2.54. The van der Waals surface area contributed by atoms with E-state index in [1.165, 1.54) is 101 Å². The number of fused-ring (bicyclic) bond motifs is 4. The summed E-state index contributed by atoms with van der Waals surface area (Å²) in [7, 11) is -1.66. The van der Waals surface area contributed by atoms with Crippen LogP contribution in [0.3, 0.4) is 0 Å². The summed E-state index contributed by atoms with van der Waals surface area (Å²) in [5.41, 5.74) is 26.5. The first kappa shape index (κ1) is 107. The summed E-state index contributed by atoms with van der Waals surface area (Å²) in [5.74, 6) is -0.978. The van der Waals surface area contributed by atoms with E-state index in [1.54, 1.807) is 18.2 Å². The van der Waals surface area contributed by atoms with Crippen molar-refractivity contribution in [2.75, 3.05) is 68.4 Å². The van der Waals surface area contributed by atoms with Crippen molar-refractivity contribution in [1.29, 1.82) is 0 Å². The Kier molecular flexibility index (Phi) is 40.4. The zero-order valence-corrected chi connectivity index (χ0v) is 75.3. The van der Waals surface area contributed by atoms with Gasteiger partial charge >= 0.3 is 5.69 Å². The molecule has 18 rings (SSSR count). The molecule has 0 amide bonds. The van der Waals surface area contributed by atoms with Crippen molar-refractivity contribution >= 4 is 111 Å². The van der Waals surface area contributed by atoms with Crippen LogP contribution in [-0.4, -0.2) is 166 Å². The van der Waals surface area contributed by atoms with Gasteiger partial charge in [0.15, 0.2) is 53.9 Å². The lowest BCUT2D eigenvalue weighted by molar-refractivity contribution is -0.387. The minimum Gasteiger partial charge on any atom is -0.414 e. The van der Waals surface area contributed by atoms with E-state index in [2.05, 4.69) is 128 Å². The highest BCUT2D eigenvalue weighted by atomic mass is 32.2. The molecule has 700 valence electrons. The minimum atomic E-state index is -1.66. The molecule has 7 aromatic rings. The monoisotopic (exact) mass is 1830 g/mol. The van der Waals surface area contributed by atoms with E-state index in [0.717, 1.165) is 169 Å². The van der Waals surface area contributed by atoms with Crippen LogP contribution in [-0.2, 0) is 30.1 Å². The van der Waals surface area contributed by atoms with Crippen LogP contribution in [0.5, 0.6) is 0 Å². The van der Waals surface area contributed by atoms with Gasteiger partial charge in [0.25, 0.3) is 5.69 Å². The fourth-order valence-electron chi connectivity index (χ4n) is 16.9. The first-order valence-electron chi connectivity index (χ1n) is 43.7. The standard InChI is InChI=1S/C20H30N2OSi.3C14H16N2O.C11H11N3O3.C11H13N3O.C7H3FN2O2.C4H9NO.CH3FS.3CH4/c1-20(2,3)24(5,6)23-18-13-17(14-18)22-11-7-8-15-9-10-16(21-4)12-19(15)22;3*1-15-11-5-4-10-3-2-6-16(14(10)7-11)12-8-13(17)9-12;1-12-7-2-3-11(14(16)17)10(6-7)13-8-4-9(15)5-8;1-13-7-2-3-10(12)11(6-7)14-8-4-9(15)5-8;1-9-5-2-3-7(10(11)12)6(8)4-5;5-3-1-4(6)2-3;1-3-2;;;/h9-10,12,17-18H,7-8,11,13-14H2,1-3,5-6H3;3*4-5,7,12-13,17H,2-3,6,8-9H2;2-3,6,8-9,13,15H,4-5H2;2-3,6,8-9,14-15H,4-5,12H2;2-4H;3-4,6H,1-2,5H2;1H3;3*1H4. The fraction of sp³-hybridized carbons (Fsp3) is 0.505. The van der Waals surface area contributed by atoms with Crippen LogP contribution >= 0.6 is 12.1 Å². The number of aryl methyl sites for hydroxylation is 4. The van der Waals surface area contributed by atoms with Gasteiger partial charge in [-0.15, -0.1) is 0 Å². The Balaban J connectivity index is 0.000000206. The van der Waals surface area contributed by atoms with E-state index in [0.29, 0.717) is 71.9 Å². The maximum Gasteiger partial charge on any atom is 0.302 e. The predicted octanol–water partition coefficient (Wildman–Crippen LogP) is 21.8. The van der Waals surface area contributed by atoms with Crippen LogP contribution in [0, 0.1) is 72.1 Å². The normalized spacial score (nSPS) is 23.6. The molecule has 0 spiro atoms. The second-order valence-electron chi connectivity index (χ2n) is 35.8. The van der Waals surface area contributed by atoms with Gasteiger partial charge in [0.05, 0.1) is 98.2 Å². The van der Waals surface area contributed by atoms with Gasteiger partial charge in [-0.1, -0.05) is 97.6 Å². The van der Waals surface area contributed by atoms with Crippen LogP contribution in [0.4, 0.5) is 99.3 Å². The van der Waals surface area contributed by atoms with Crippen LogP contribution in [0.2, 0.25) is 18.1 Å². The Hall–Kier alpha value is -11.5. The lowest BCUT2D eigenvalue weighted by atomic mass is 9.86. The average Bonchev–Trinajstić information content (AvgIpc) is 0.806. The predicted molar refractivity (Wildman–Crippen MR) is 525 cm³/mol. The first-order valence-corrected chi connectivity index (χ1v) is 47.7. The quantitative estimate of drug-likeness (QED) is 0.0179. The number of nitrogens with zero attached hydrogens (tertiary/aromatic N) is 13. The number of halogens is 2. The maximum absolute atomic E-state index is 12.7. The van der Waals surface area contributed by atoms with Crippen LogP contribution in [0.1, 0.15) is 181 Å². The van der Waals surface area contributed by atoms with Crippen molar-refractivity contribution in [3.8, 4) is 0 Å². The summed E-state index contributed by atoms with van der Waals surface area (Å²) in [4.78, 5) is 52.9. The average molecular weight is 1830 g/mol. The molecule has 7 aliphatic carbocycles. The van der Waals surface area contributed by atoms with Crippen LogP contribution in [0.25, 0.3) is 33.9 Å². The van der Waals surface area contributed by atoms with E-state index >= 15 is 0 Å². The van der Waals surface area contributed by atoms with E-state index in [1.807, 2.05) is 42.5 Å². The Morgan fingerprint density at radius 1 is 0.435 bits per heavy atom. The maximum atomic E-state index is 12.7. The molecule has 7 aromatic carbocycles. The highest BCUT2D eigenvalue weighted by molar-refractivity contribution is 7.93. The number of rotatable bonds is 12. The van der Waals surface area contributed by atoms with Gasteiger partial charge in [0.2, 0.25) is 0 Å². The van der Waals surface area contributed by atoms with Gasteiger partial charge < -0.3 is 76.8 Å².